The van der Waals surface area contributed by atoms with E-state index in [1.54, 1.807) is 0 Å². The van der Waals surface area contributed by atoms with Gasteiger partial charge in [-0.3, -0.25) is 14.9 Å². The summed E-state index contributed by atoms with van der Waals surface area (Å²) >= 11 is 0. The molecular weight excluding hydrogens is 324 g/mol. The fraction of sp³-hybridized carbons (Fsp3) is 0.571. The maximum atomic E-state index is 9.49. The zero-order valence-corrected chi connectivity index (χ0v) is 16.1. The van der Waals surface area contributed by atoms with E-state index >= 15 is 0 Å². The highest BCUT2D eigenvalue weighted by atomic mass is 16.3. The number of nitrogens with zero attached hydrogens (tertiary/aromatic N) is 3. The molecule has 142 valence electrons. The lowest BCUT2D eigenvalue weighted by molar-refractivity contribution is 0.0525. The molecule has 0 unspecified atom stereocenters. The molecule has 1 aromatic heterocycles. The third kappa shape index (κ3) is 4.93. The van der Waals surface area contributed by atoms with Crippen LogP contribution < -0.4 is 0 Å². The van der Waals surface area contributed by atoms with Crippen molar-refractivity contribution in [3.05, 3.63) is 42.1 Å². The van der Waals surface area contributed by atoms with Crippen LogP contribution in [-0.4, -0.2) is 63.9 Å². The summed E-state index contributed by atoms with van der Waals surface area (Å²) in [4.78, 5) is 5.07. The monoisotopic (exact) mass is 356 g/mol. The van der Waals surface area contributed by atoms with E-state index in [-0.39, 0.29) is 6.61 Å². The van der Waals surface area contributed by atoms with E-state index in [9.17, 15) is 5.11 Å². The quantitative estimate of drug-likeness (QED) is 0.763. The van der Waals surface area contributed by atoms with Gasteiger partial charge in [0.15, 0.2) is 0 Å². The molecule has 26 heavy (non-hydrogen) atoms. The van der Waals surface area contributed by atoms with Crippen LogP contribution in [0.15, 0.2) is 36.5 Å². The normalized spacial score (nSPS) is 19.3. The first-order chi connectivity index (χ1) is 12.7. The Bertz CT molecular complexity index is 655. The summed E-state index contributed by atoms with van der Waals surface area (Å²) in [6, 6.07) is 10.8. The van der Waals surface area contributed by atoms with Crippen LogP contribution in [0.1, 0.15) is 32.3 Å². The van der Waals surface area contributed by atoms with Gasteiger partial charge in [-0.05, 0) is 30.9 Å². The smallest absolute Gasteiger partial charge is 0.0695 e. The lowest BCUT2D eigenvalue weighted by Gasteiger charge is -2.41. The molecule has 1 fully saturated rings. The fourth-order valence-corrected chi connectivity index (χ4v) is 3.77. The maximum Gasteiger partial charge on any atom is 0.0695 e. The molecule has 2 aromatic rings. The van der Waals surface area contributed by atoms with E-state index in [1.165, 1.54) is 17.5 Å². The van der Waals surface area contributed by atoms with E-state index in [1.807, 2.05) is 12.3 Å². The Kier molecular flexibility index (Phi) is 6.83. The van der Waals surface area contributed by atoms with Crippen LogP contribution in [0, 0.1) is 5.92 Å². The number of aromatic amines is 1. The van der Waals surface area contributed by atoms with Gasteiger partial charge in [-0.15, -0.1) is 0 Å². The van der Waals surface area contributed by atoms with Crippen LogP contribution in [0.3, 0.4) is 0 Å². The van der Waals surface area contributed by atoms with E-state index in [0.29, 0.717) is 6.04 Å². The van der Waals surface area contributed by atoms with Gasteiger partial charge in [-0.25, -0.2) is 0 Å². The second kappa shape index (κ2) is 9.31. The van der Waals surface area contributed by atoms with Gasteiger partial charge < -0.3 is 5.11 Å². The number of aromatic nitrogens is 2. The van der Waals surface area contributed by atoms with Gasteiger partial charge in [0.1, 0.15) is 0 Å². The largest absolute Gasteiger partial charge is 0.396 e. The molecule has 2 heterocycles. The van der Waals surface area contributed by atoms with E-state index in [4.69, 9.17) is 0 Å². The zero-order valence-electron chi connectivity index (χ0n) is 16.1. The lowest BCUT2D eigenvalue weighted by atomic mass is 10.0. The van der Waals surface area contributed by atoms with Crippen molar-refractivity contribution in [1.82, 2.24) is 20.0 Å². The van der Waals surface area contributed by atoms with Crippen LogP contribution in [0.5, 0.6) is 0 Å². The minimum absolute atomic E-state index is 0.262. The predicted molar refractivity (Wildman–Crippen MR) is 106 cm³/mol. The van der Waals surface area contributed by atoms with Gasteiger partial charge in [0.25, 0.3) is 0 Å². The molecule has 1 aromatic carbocycles. The second-order valence-corrected chi connectivity index (χ2v) is 7.76. The average molecular weight is 357 g/mol. The zero-order chi connectivity index (χ0) is 18.4. The number of hydrogen-bond acceptors (Lipinski definition) is 4. The number of hydrogen-bond donors (Lipinski definition) is 2. The number of rotatable bonds is 8. The third-order valence-corrected chi connectivity index (χ3v) is 5.32. The van der Waals surface area contributed by atoms with Crippen LogP contribution in [0.25, 0.3) is 11.3 Å². The Morgan fingerprint density at radius 3 is 2.77 bits per heavy atom. The predicted octanol–water partition coefficient (Wildman–Crippen LogP) is 2.99. The molecule has 1 atom stereocenters. The van der Waals surface area contributed by atoms with Gasteiger partial charge in [-0.1, -0.05) is 44.2 Å². The summed E-state index contributed by atoms with van der Waals surface area (Å²) in [7, 11) is 0. The SMILES string of the molecule is CC(C)CCN1CCN(Cc2cn[nH]c2-c2ccccc2)C[C@H]1CCO. The van der Waals surface area contributed by atoms with Crippen LogP contribution in [-0.2, 0) is 6.54 Å². The molecule has 2 N–H and O–H groups in total. The maximum absolute atomic E-state index is 9.49. The van der Waals surface area contributed by atoms with Gasteiger partial charge >= 0.3 is 0 Å². The summed E-state index contributed by atoms with van der Waals surface area (Å²) in [5.41, 5.74) is 3.55. The lowest BCUT2D eigenvalue weighted by Crippen LogP contribution is -2.53. The Labute approximate surface area is 157 Å². The Morgan fingerprint density at radius 1 is 1.23 bits per heavy atom. The molecule has 1 aliphatic rings. The summed E-state index contributed by atoms with van der Waals surface area (Å²) in [5.74, 6) is 0.724. The molecule has 3 rings (SSSR count). The van der Waals surface area contributed by atoms with Gasteiger partial charge in [0.05, 0.1) is 11.9 Å². The first-order valence-corrected chi connectivity index (χ1v) is 9.82. The topological polar surface area (TPSA) is 55.4 Å². The van der Waals surface area contributed by atoms with E-state index < -0.39 is 0 Å². The van der Waals surface area contributed by atoms with Gasteiger partial charge in [0, 0.05) is 44.4 Å². The van der Waals surface area contributed by atoms with Crippen LogP contribution in [0.4, 0.5) is 0 Å². The number of H-pyrrole nitrogens is 1. The molecule has 5 nitrogen and oxygen atoms in total. The molecule has 1 aliphatic heterocycles. The van der Waals surface area contributed by atoms with Crippen molar-refractivity contribution in [1.29, 1.82) is 0 Å². The molecule has 0 saturated carbocycles. The third-order valence-electron chi connectivity index (χ3n) is 5.32. The van der Waals surface area contributed by atoms with Crippen LogP contribution in [0.2, 0.25) is 0 Å². The summed E-state index contributed by atoms with van der Waals surface area (Å²) in [6.45, 7) is 10.0. The molecular formula is C21H32N4O. The van der Waals surface area contributed by atoms with Crippen LogP contribution >= 0.6 is 0 Å². The Hall–Kier alpha value is -1.69. The van der Waals surface area contributed by atoms with Crippen molar-refractivity contribution in [2.45, 2.75) is 39.3 Å². The number of nitrogens with one attached hydrogen (secondary N) is 1. The molecule has 0 bridgehead atoms. The molecule has 5 heteroatoms. The highest BCUT2D eigenvalue weighted by Crippen LogP contribution is 2.23. The number of benzene rings is 1. The Morgan fingerprint density at radius 2 is 2.04 bits per heavy atom. The summed E-state index contributed by atoms with van der Waals surface area (Å²) in [5, 5.41) is 16.9. The minimum atomic E-state index is 0.262. The summed E-state index contributed by atoms with van der Waals surface area (Å²) < 4.78 is 0. The van der Waals surface area contributed by atoms with E-state index in [2.05, 4.69) is 58.1 Å². The fourth-order valence-electron chi connectivity index (χ4n) is 3.77. The molecule has 0 radical (unpaired) electrons. The number of aliphatic hydroxyl groups is 1. The van der Waals surface area contributed by atoms with Crippen molar-refractivity contribution >= 4 is 0 Å². The Balaban J connectivity index is 1.64. The van der Waals surface area contributed by atoms with Gasteiger partial charge in [-0.2, -0.15) is 5.10 Å². The first-order valence-electron chi connectivity index (χ1n) is 9.82. The van der Waals surface area contributed by atoms with Crippen molar-refractivity contribution < 1.29 is 5.11 Å². The minimum Gasteiger partial charge on any atom is -0.396 e. The molecule has 0 spiro atoms. The second-order valence-electron chi connectivity index (χ2n) is 7.76. The van der Waals surface area contributed by atoms with Crippen molar-refractivity contribution in [2.75, 3.05) is 32.8 Å². The average Bonchev–Trinajstić information content (AvgIpc) is 3.10. The van der Waals surface area contributed by atoms with Gasteiger partial charge in [0.2, 0.25) is 0 Å². The highest BCUT2D eigenvalue weighted by molar-refractivity contribution is 5.62. The van der Waals surface area contributed by atoms with Crippen molar-refractivity contribution in [3.63, 3.8) is 0 Å². The van der Waals surface area contributed by atoms with Crippen molar-refractivity contribution in [3.8, 4) is 11.3 Å². The van der Waals surface area contributed by atoms with Crippen molar-refractivity contribution in [2.24, 2.45) is 5.92 Å². The van der Waals surface area contributed by atoms with E-state index in [0.717, 1.165) is 50.8 Å². The molecule has 0 aliphatic carbocycles. The molecule has 1 saturated heterocycles. The summed E-state index contributed by atoms with van der Waals surface area (Å²) in [6.07, 6.45) is 4.03. The standard InChI is InChI=1S/C21H32N4O/c1-17(2)8-10-25-12-11-24(16-20(25)9-13-26)15-19-14-22-23-21(19)18-6-4-3-5-7-18/h3-7,14,17,20,26H,8-13,15-16H2,1-2H3,(H,22,23)/t20-/m1/s1. The number of aliphatic hydroxyl groups excluding tert-OH is 1. The molecule has 0 amide bonds. The highest BCUT2D eigenvalue weighted by Gasteiger charge is 2.27. The first kappa shape index (κ1) is 19.1. The number of piperazine rings is 1.